The molecular formula is C18H30N4O2. The molecule has 0 aliphatic carbocycles. The van der Waals surface area contributed by atoms with Crippen molar-refractivity contribution in [3.63, 3.8) is 0 Å². The molecule has 0 aromatic carbocycles. The van der Waals surface area contributed by atoms with Gasteiger partial charge in [-0.2, -0.15) is 5.10 Å². The van der Waals surface area contributed by atoms with Gasteiger partial charge in [0.2, 0.25) is 5.91 Å². The third-order valence-electron chi connectivity index (χ3n) is 5.58. The zero-order valence-corrected chi connectivity index (χ0v) is 14.9. The smallest absolute Gasteiger partial charge is 0.223 e. The molecule has 6 heteroatoms. The van der Waals surface area contributed by atoms with Gasteiger partial charge < -0.3 is 15.4 Å². The summed E-state index contributed by atoms with van der Waals surface area (Å²) in [7, 11) is 0. The molecule has 0 unspecified atom stereocenters. The van der Waals surface area contributed by atoms with Gasteiger partial charge in [0.15, 0.2) is 0 Å². The molecule has 0 spiro atoms. The lowest BCUT2D eigenvalue weighted by atomic mass is 9.86. The first kappa shape index (κ1) is 17.4. The van der Waals surface area contributed by atoms with Gasteiger partial charge in [-0.05, 0) is 64.6 Å². The van der Waals surface area contributed by atoms with Crippen LogP contribution in [0.2, 0.25) is 0 Å². The summed E-state index contributed by atoms with van der Waals surface area (Å²) in [6.45, 7) is 9.09. The van der Waals surface area contributed by atoms with E-state index in [4.69, 9.17) is 10.5 Å². The van der Waals surface area contributed by atoms with Gasteiger partial charge in [-0.3, -0.25) is 9.48 Å². The molecule has 24 heavy (non-hydrogen) atoms. The molecule has 0 bridgehead atoms. The lowest BCUT2D eigenvalue weighted by molar-refractivity contribution is -0.123. The number of carbonyl (C=O) groups excluding carboxylic acids is 1. The third kappa shape index (κ3) is 4.16. The quantitative estimate of drug-likeness (QED) is 0.855. The van der Waals surface area contributed by atoms with E-state index in [9.17, 15) is 4.79 Å². The van der Waals surface area contributed by atoms with Crippen molar-refractivity contribution < 1.29 is 9.53 Å². The van der Waals surface area contributed by atoms with E-state index in [0.717, 1.165) is 44.7 Å². The molecule has 2 saturated heterocycles. The number of nitrogens with zero attached hydrogens (tertiary/aromatic N) is 3. The highest BCUT2D eigenvalue weighted by Crippen LogP contribution is 2.30. The monoisotopic (exact) mass is 334 g/mol. The second-order valence-corrected chi connectivity index (χ2v) is 7.38. The summed E-state index contributed by atoms with van der Waals surface area (Å²) in [6.07, 6.45) is 4.19. The lowest BCUT2D eigenvalue weighted by Gasteiger charge is -2.33. The van der Waals surface area contributed by atoms with Gasteiger partial charge in [0.05, 0.1) is 24.3 Å². The lowest BCUT2D eigenvalue weighted by Crippen LogP contribution is -2.38. The number of rotatable bonds is 6. The number of likely N-dealkylation sites (tertiary alicyclic amines) is 1. The van der Waals surface area contributed by atoms with E-state index in [1.165, 1.54) is 18.5 Å². The Morgan fingerprint density at radius 2 is 2.04 bits per heavy atom. The van der Waals surface area contributed by atoms with E-state index < -0.39 is 0 Å². The second-order valence-electron chi connectivity index (χ2n) is 7.38. The molecule has 1 aromatic heterocycles. The van der Waals surface area contributed by atoms with Crippen LogP contribution in [0.4, 0.5) is 0 Å². The van der Waals surface area contributed by atoms with Gasteiger partial charge in [0, 0.05) is 18.8 Å². The average Bonchev–Trinajstić information content (AvgIpc) is 3.13. The maximum atomic E-state index is 11.5. The molecule has 6 nitrogen and oxygen atoms in total. The van der Waals surface area contributed by atoms with Gasteiger partial charge in [-0.25, -0.2) is 0 Å². The van der Waals surface area contributed by atoms with Crippen LogP contribution >= 0.6 is 0 Å². The zero-order valence-electron chi connectivity index (χ0n) is 14.9. The number of ether oxygens (including phenoxy) is 1. The SMILES string of the molecule is Cc1cc(C)n(CCN2CCC(C[C@H]3OCC[C@H]3C(N)=O)CC2)n1. The maximum Gasteiger partial charge on any atom is 0.223 e. The molecule has 0 radical (unpaired) electrons. The van der Waals surface area contributed by atoms with Crippen molar-refractivity contribution in [2.75, 3.05) is 26.2 Å². The van der Waals surface area contributed by atoms with Crippen LogP contribution in [-0.2, 0) is 16.1 Å². The summed E-state index contributed by atoms with van der Waals surface area (Å²) in [5.74, 6) is 0.383. The molecule has 3 heterocycles. The molecule has 3 rings (SSSR count). The van der Waals surface area contributed by atoms with Gasteiger partial charge in [0.25, 0.3) is 0 Å². The van der Waals surface area contributed by atoms with E-state index in [1.54, 1.807) is 0 Å². The van der Waals surface area contributed by atoms with Crippen molar-refractivity contribution in [2.24, 2.45) is 17.6 Å². The summed E-state index contributed by atoms with van der Waals surface area (Å²) < 4.78 is 7.85. The van der Waals surface area contributed by atoms with Gasteiger partial charge >= 0.3 is 0 Å². The number of nitrogens with two attached hydrogens (primary N) is 1. The first-order chi connectivity index (χ1) is 11.5. The predicted octanol–water partition coefficient (Wildman–Crippen LogP) is 1.49. The van der Waals surface area contributed by atoms with Crippen LogP contribution < -0.4 is 5.73 Å². The first-order valence-electron chi connectivity index (χ1n) is 9.17. The van der Waals surface area contributed by atoms with Gasteiger partial charge in [-0.1, -0.05) is 0 Å². The number of carbonyl (C=O) groups is 1. The predicted molar refractivity (Wildman–Crippen MR) is 92.5 cm³/mol. The molecule has 2 aliphatic rings. The zero-order chi connectivity index (χ0) is 17.1. The Morgan fingerprint density at radius 3 is 2.67 bits per heavy atom. The number of primary amides is 1. The van der Waals surface area contributed by atoms with E-state index in [0.29, 0.717) is 12.5 Å². The molecule has 0 saturated carbocycles. The fourth-order valence-corrected chi connectivity index (χ4v) is 4.12. The molecule has 2 fully saturated rings. The summed E-state index contributed by atoms with van der Waals surface area (Å²) in [6, 6.07) is 2.13. The van der Waals surface area contributed by atoms with Crippen molar-refractivity contribution in [2.45, 2.75) is 52.2 Å². The summed E-state index contributed by atoms with van der Waals surface area (Å²) in [5, 5.41) is 4.53. The fourth-order valence-electron chi connectivity index (χ4n) is 4.12. The molecule has 134 valence electrons. The minimum atomic E-state index is -0.195. The second kappa shape index (κ2) is 7.66. The Labute approximate surface area is 144 Å². The van der Waals surface area contributed by atoms with Crippen molar-refractivity contribution in [1.82, 2.24) is 14.7 Å². The van der Waals surface area contributed by atoms with Crippen molar-refractivity contribution in [3.05, 3.63) is 17.5 Å². The standard InChI is InChI=1S/C18H30N4O2/c1-13-11-14(2)22(20-13)9-8-21-6-3-15(4-7-21)12-17-16(18(19)23)5-10-24-17/h11,15-17H,3-10,12H2,1-2H3,(H2,19,23)/t16-,17-/m1/s1. The van der Waals surface area contributed by atoms with E-state index in [1.807, 2.05) is 6.92 Å². The number of amides is 1. The minimum Gasteiger partial charge on any atom is -0.377 e. The van der Waals surface area contributed by atoms with E-state index in [-0.39, 0.29) is 17.9 Å². The summed E-state index contributed by atoms with van der Waals surface area (Å²) in [5.41, 5.74) is 7.81. The van der Waals surface area contributed by atoms with Crippen LogP contribution in [-0.4, -0.2) is 52.9 Å². The van der Waals surface area contributed by atoms with Gasteiger partial charge in [0.1, 0.15) is 0 Å². The Morgan fingerprint density at radius 1 is 1.29 bits per heavy atom. The molecule has 2 atom stereocenters. The molecule has 1 amide bonds. The average molecular weight is 334 g/mol. The fraction of sp³-hybridized carbons (Fsp3) is 0.778. The highest BCUT2D eigenvalue weighted by atomic mass is 16.5. The summed E-state index contributed by atoms with van der Waals surface area (Å²) in [4.78, 5) is 14.0. The van der Waals surface area contributed by atoms with Crippen LogP contribution in [0.25, 0.3) is 0 Å². The van der Waals surface area contributed by atoms with Gasteiger partial charge in [-0.15, -0.1) is 0 Å². The molecular weight excluding hydrogens is 304 g/mol. The van der Waals surface area contributed by atoms with Crippen LogP contribution in [0, 0.1) is 25.7 Å². The normalized spacial score (nSPS) is 26.1. The highest BCUT2D eigenvalue weighted by Gasteiger charge is 2.34. The van der Waals surface area contributed by atoms with Crippen LogP contribution in [0.1, 0.15) is 37.1 Å². The highest BCUT2D eigenvalue weighted by molar-refractivity contribution is 5.77. The van der Waals surface area contributed by atoms with E-state index >= 15 is 0 Å². The number of aryl methyl sites for hydroxylation is 2. The topological polar surface area (TPSA) is 73.4 Å². The third-order valence-corrected chi connectivity index (χ3v) is 5.58. The number of aromatic nitrogens is 2. The van der Waals surface area contributed by atoms with E-state index in [2.05, 4.69) is 27.7 Å². The largest absolute Gasteiger partial charge is 0.377 e. The number of hydrogen-bond donors (Lipinski definition) is 1. The Bertz CT molecular complexity index is 563. The summed E-state index contributed by atoms with van der Waals surface area (Å²) >= 11 is 0. The minimum absolute atomic E-state index is 0.0498. The Kier molecular flexibility index (Phi) is 5.56. The van der Waals surface area contributed by atoms with Crippen LogP contribution in [0.15, 0.2) is 6.07 Å². The van der Waals surface area contributed by atoms with Crippen molar-refractivity contribution in [1.29, 1.82) is 0 Å². The van der Waals surface area contributed by atoms with Crippen LogP contribution in [0.3, 0.4) is 0 Å². The Hall–Kier alpha value is -1.40. The van der Waals surface area contributed by atoms with Crippen LogP contribution in [0.5, 0.6) is 0 Å². The number of piperidine rings is 1. The van der Waals surface area contributed by atoms with Crippen molar-refractivity contribution >= 4 is 5.91 Å². The Balaban J connectivity index is 1.41. The molecule has 2 N–H and O–H groups in total. The molecule has 2 aliphatic heterocycles. The van der Waals surface area contributed by atoms with Crippen molar-refractivity contribution in [3.8, 4) is 0 Å². The molecule has 1 aromatic rings. The maximum absolute atomic E-state index is 11.5. The number of hydrogen-bond acceptors (Lipinski definition) is 4. The first-order valence-corrected chi connectivity index (χ1v) is 9.17.